The highest BCUT2D eigenvalue weighted by Crippen LogP contribution is 2.28. The van der Waals surface area contributed by atoms with Crippen molar-refractivity contribution in [2.24, 2.45) is 5.92 Å². The van der Waals surface area contributed by atoms with Crippen molar-refractivity contribution >= 4 is 10.9 Å². The van der Waals surface area contributed by atoms with Crippen molar-refractivity contribution in [2.75, 3.05) is 0 Å². The van der Waals surface area contributed by atoms with Crippen LogP contribution in [-0.2, 0) is 6.54 Å². The fourth-order valence-corrected chi connectivity index (χ4v) is 3.07. The molecule has 1 fully saturated rings. The van der Waals surface area contributed by atoms with Crippen LogP contribution in [-0.4, -0.2) is 25.7 Å². The van der Waals surface area contributed by atoms with Crippen molar-refractivity contribution in [1.29, 1.82) is 0 Å². The van der Waals surface area contributed by atoms with Crippen LogP contribution in [0.2, 0.25) is 0 Å². The predicted octanol–water partition coefficient (Wildman–Crippen LogP) is 1.73. The Balaban J connectivity index is 1.76. The Labute approximate surface area is 117 Å². The molecule has 0 aromatic carbocycles. The molecule has 1 saturated carbocycles. The van der Waals surface area contributed by atoms with Crippen molar-refractivity contribution < 1.29 is 5.11 Å². The second-order valence-electron chi connectivity index (χ2n) is 5.63. The smallest absolute Gasteiger partial charge is 0.261 e. The van der Waals surface area contributed by atoms with Gasteiger partial charge in [-0.3, -0.25) is 14.3 Å². The largest absolute Gasteiger partial charge is 0.391 e. The Hall–Kier alpha value is -1.75. The molecule has 0 bridgehead atoms. The summed E-state index contributed by atoms with van der Waals surface area (Å²) in [6.45, 7) is 0.320. The quantitative estimate of drug-likeness (QED) is 0.921. The van der Waals surface area contributed by atoms with Crippen LogP contribution in [0.5, 0.6) is 0 Å². The Morgan fingerprint density at radius 1 is 1.40 bits per heavy atom. The molecule has 20 heavy (non-hydrogen) atoms. The Morgan fingerprint density at radius 3 is 3.00 bits per heavy atom. The van der Waals surface area contributed by atoms with E-state index in [4.69, 9.17) is 0 Å². The monoisotopic (exact) mass is 273 g/mol. The van der Waals surface area contributed by atoms with E-state index in [1.807, 2.05) is 0 Å². The van der Waals surface area contributed by atoms with Crippen molar-refractivity contribution in [2.45, 2.75) is 44.8 Å². The van der Waals surface area contributed by atoms with E-state index in [0.29, 0.717) is 23.4 Å². The van der Waals surface area contributed by atoms with Crippen molar-refractivity contribution in [3.05, 3.63) is 35.1 Å². The van der Waals surface area contributed by atoms with Crippen molar-refractivity contribution in [3.63, 3.8) is 0 Å². The lowest BCUT2D eigenvalue weighted by molar-refractivity contribution is 0.123. The number of pyridine rings is 1. The minimum Gasteiger partial charge on any atom is -0.391 e. The maximum absolute atomic E-state index is 12.3. The number of rotatable bonds is 4. The molecule has 5 nitrogen and oxygen atoms in total. The normalized spacial score (nSPS) is 17.6. The van der Waals surface area contributed by atoms with Gasteiger partial charge in [-0.15, -0.1) is 0 Å². The summed E-state index contributed by atoms with van der Waals surface area (Å²) < 4.78 is 1.50. The zero-order valence-electron chi connectivity index (χ0n) is 11.4. The number of hydrogen-bond acceptors (Lipinski definition) is 4. The molecular formula is C15H19N3O2. The van der Waals surface area contributed by atoms with Gasteiger partial charge in [-0.1, -0.05) is 25.7 Å². The Morgan fingerprint density at radius 2 is 2.20 bits per heavy atom. The van der Waals surface area contributed by atoms with E-state index < -0.39 is 6.10 Å². The first-order chi connectivity index (χ1) is 9.74. The number of nitrogens with zero attached hydrogens (tertiary/aromatic N) is 3. The highest BCUT2D eigenvalue weighted by molar-refractivity contribution is 5.75. The third-order valence-corrected chi connectivity index (χ3v) is 4.12. The van der Waals surface area contributed by atoms with Gasteiger partial charge in [0.15, 0.2) is 0 Å². The third kappa shape index (κ3) is 2.72. The molecule has 0 radical (unpaired) electrons. The molecule has 1 atom stereocenters. The molecule has 1 N–H and O–H groups in total. The predicted molar refractivity (Wildman–Crippen MR) is 76.4 cm³/mol. The van der Waals surface area contributed by atoms with Crippen LogP contribution in [0.4, 0.5) is 0 Å². The average molecular weight is 273 g/mol. The van der Waals surface area contributed by atoms with E-state index in [1.165, 1.54) is 36.6 Å². The zero-order valence-corrected chi connectivity index (χ0v) is 11.4. The molecule has 3 rings (SSSR count). The number of hydrogen-bond donors (Lipinski definition) is 1. The van der Waals surface area contributed by atoms with Gasteiger partial charge in [0.1, 0.15) is 0 Å². The second-order valence-corrected chi connectivity index (χ2v) is 5.63. The summed E-state index contributed by atoms with van der Waals surface area (Å²) in [6, 6.07) is 1.67. The summed E-state index contributed by atoms with van der Waals surface area (Å²) in [7, 11) is 0. The lowest BCUT2D eigenvalue weighted by atomic mass is 10.00. The fourth-order valence-electron chi connectivity index (χ4n) is 3.07. The average Bonchev–Trinajstić information content (AvgIpc) is 2.95. The molecule has 2 aromatic heterocycles. The van der Waals surface area contributed by atoms with E-state index in [2.05, 4.69) is 9.97 Å². The van der Waals surface area contributed by atoms with E-state index in [9.17, 15) is 9.90 Å². The first-order valence-electron chi connectivity index (χ1n) is 7.21. The van der Waals surface area contributed by atoms with Gasteiger partial charge in [0.05, 0.1) is 36.1 Å². The standard InChI is InChI=1S/C15H19N3O2/c19-12(7-11-3-1-2-4-11)9-18-10-17-14-8-16-6-5-13(14)15(18)20/h5-6,8,10-12,19H,1-4,7,9H2/t12-/m0/s1. The fraction of sp³-hybridized carbons (Fsp3) is 0.533. The lowest BCUT2D eigenvalue weighted by Gasteiger charge is -2.16. The molecule has 0 unspecified atom stereocenters. The van der Waals surface area contributed by atoms with Gasteiger partial charge < -0.3 is 5.11 Å². The van der Waals surface area contributed by atoms with E-state index in [0.717, 1.165) is 6.42 Å². The number of aliphatic hydroxyl groups is 1. The molecule has 0 aliphatic heterocycles. The molecule has 2 heterocycles. The molecule has 2 aromatic rings. The van der Waals surface area contributed by atoms with Crippen LogP contribution in [0.25, 0.3) is 10.9 Å². The van der Waals surface area contributed by atoms with E-state index in [1.54, 1.807) is 18.5 Å². The van der Waals surface area contributed by atoms with Gasteiger partial charge >= 0.3 is 0 Å². The van der Waals surface area contributed by atoms with Gasteiger partial charge in [-0.05, 0) is 18.4 Å². The summed E-state index contributed by atoms with van der Waals surface area (Å²) >= 11 is 0. The number of fused-ring (bicyclic) bond motifs is 1. The molecule has 1 aliphatic rings. The van der Waals surface area contributed by atoms with Crippen LogP contribution in [0, 0.1) is 5.92 Å². The summed E-state index contributed by atoms with van der Waals surface area (Å²) in [6.07, 6.45) is 9.91. The van der Waals surface area contributed by atoms with Crippen molar-refractivity contribution in [3.8, 4) is 0 Å². The first kappa shape index (κ1) is 13.2. The van der Waals surface area contributed by atoms with Gasteiger partial charge in [-0.2, -0.15) is 0 Å². The van der Waals surface area contributed by atoms with Gasteiger partial charge in [-0.25, -0.2) is 4.98 Å². The van der Waals surface area contributed by atoms with Crippen LogP contribution in [0.1, 0.15) is 32.1 Å². The molecular weight excluding hydrogens is 254 g/mol. The molecule has 0 spiro atoms. The number of aromatic nitrogens is 3. The Bertz CT molecular complexity index is 647. The summed E-state index contributed by atoms with van der Waals surface area (Å²) in [5, 5.41) is 10.7. The maximum atomic E-state index is 12.3. The highest BCUT2D eigenvalue weighted by Gasteiger charge is 2.19. The molecule has 1 aliphatic carbocycles. The molecule has 0 amide bonds. The molecule has 106 valence electrons. The topological polar surface area (TPSA) is 68.0 Å². The van der Waals surface area contributed by atoms with Crippen molar-refractivity contribution in [1.82, 2.24) is 14.5 Å². The zero-order chi connectivity index (χ0) is 13.9. The lowest BCUT2D eigenvalue weighted by Crippen LogP contribution is -2.28. The van der Waals surface area contributed by atoms with Crippen LogP contribution in [0.15, 0.2) is 29.6 Å². The van der Waals surface area contributed by atoms with Crippen LogP contribution < -0.4 is 5.56 Å². The van der Waals surface area contributed by atoms with Crippen LogP contribution in [0.3, 0.4) is 0 Å². The Kier molecular flexibility index (Phi) is 3.78. The molecule has 5 heteroatoms. The number of aliphatic hydroxyl groups excluding tert-OH is 1. The third-order valence-electron chi connectivity index (χ3n) is 4.12. The van der Waals surface area contributed by atoms with Crippen LogP contribution >= 0.6 is 0 Å². The second kappa shape index (κ2) is 5.71. The van der Waals surface area contributed by atoms with E-state index >= 15 is 0 Å². The van der Waals surface area contributed by atoms with E-state index in [-0.39, 0.29) is 5.56 Å². The summed E-state index contributed by atoms with van der Waals surface area (Å²) in [4.78, 5) is 20.5. The van der Waals surface area contributed by atoms with Gasteiger partial charge in [0.2, 0.25) is 0 Å². The van der Waals surface area contributed by atoms with Gasteiger partial charge in [0.25, 0.3) is 5.56 Å². The maximum Gasteiger partial charge on any atom is 0.261 e. The minimum atomic E-state index is -0.475. The molecule has 0 saturated heterocycles. The summed E-state index contributed by atoms with van der Waals surface area (Å²) in [5.41, 5.74) is 0.488. The highest BCUT2D eigenvalue weighted by atomic mass is 16.3. The minimum absolute atomic E-state index is 0.108. The first-order valence-corrected chi connectivity index (χ1v) is 7.21. The SMILES string of the molecule is O=c1c2ccncc2ncn1C[C@@H](O)CC1CCCC1. The summed E-state index contributed by atoms with van der Waals surface area (Å²) in [5.74, 6) is 0.610. The van der Waals surface area contributed by atoms with Gasteiger partial charge in [0, 0.05) is 6.20 Å².